The predicted octanol–water partition coefficient (Wildman–Crippen LogP) is 3.19. The van der Waals surface area contributed by atoms with Gasteiger partial charge >= 0.3 is 0 Å². The average molecular weight is 360 g/mol. The quantitative estimate of drug-likeness (QED) is 0.626. The molecular weight excluding hydrogens is 326 g/mol. The SMILES string of the molecule is CCNC(=NCc1ccc(COC(C)C)cc1)N1CCC2(CCOC2)C1. The second-order valence-electron chi connectivity index (χ2n) is 7.82. The highest BCUT2D eigenvalue weighted by Gasteiger charge is 2.42. The summed E-state index contributed by atoms with van der Waals surface area (Å²) in [5.74, 6) is 1.03. The lowest BCUT2D eigenvalue weighted by Gasteiger charge is -2.25. The molecule has 0 radical (unpaired) electrons. The number of hydrogen-bond acceptors (Lipinski definition) is 3. The first-order valence-electron chi connectivity index (χ1n) is 9.91. The highest BCUT2D eigenvalue weighted by atomic mass is 16.5. The van der Waals surface area contributed by atoms with E-state index in [1.165, 1.54) is 24.0 Å². The molecule has 0 bridgehead atoms. The van der Waals surface area contributed by atoms with E-state index in [4.69, 9.17) is 14.5 Å². The van der Waals surface area contributed by atoms with Gasteiger partial charge in [-0.05, 0) is 44.7 Å². The van der Waals surface area contributed by atoms with Crippen LogP contribution in [0.4, 0.5) is 0 Å². The molecular formula is C21H33N3O2. The average Bonchev–Trinajstić information content (AvgIpc) is 3.28. The molecule has 0 amide bonds. The molecule has 2 heterocycles. The molecule has 144 valence electrons. The van der Waals surface area contributed by atoms with Gasteiger partial charge in [-0.2, -0.15) is 0 Å². The van der Waals surface area contributed by atoms with Crippen LogP contribution in [-0.4, -0.2) is 49.8 Å². The van der Waals surface area contributed by atoms with Gasteiger partial charge < -0.3 is 19.7 Å². The van der Waals surface area contributed by atoms with Crippen LogP contribution in [0.5, 0.6) is 0 Å². The molecule has 5 nitrogen and oxygen atoms in total. The van der Waals surface area contributed by atoms with E-state index in [0.29, 0.717) is 18.6 Å². The molecule has 1 aromatic carbocycles. The van der Waals surface area contributed by atoms with Crippen molar-refractivity contribution in [2.24, 2.45) is 10.4 Å². The van der Waals surface area contributed by atoms with Gasteiger partial charge in [-0.1, -0.05) is 24.3 Å². The maximum Gasteiger partial charge on any atom is 0.194 e. The van der Waals surface area contributed by atoms with Crippen LogP contribution in [0.2, 0.25) is 0 Å². The van der Waals surface area contributed by atoms with Gasteiger partial charge in [0, 0.05) is 31.7 Å². The number of likely N-dealkylation sites (tertiary alicyclic amines) is 1. The van der Waals surface area contributed by atoms with E-state index in [2.05, 4.69) is 55.3 Å². The summed E-state index contributed by atoms with van der Waals surface area (Å²) in [6.45, 7) is 12.5. The van der Waals surface area contributed by atoms with Crippen LogP contribution in [0, 0.1) is 5.41 Å². The molecule has 1 aromatic rings. The van der Waals surface area contributed by atoms with E-state index in [-0.39, 0.29) is 6.10 Å². The fourth-order valence-corrected chi connectivity index (χ4v) is 3.68. The number of aliphatic imine (C=N–C) groups is 1. The second-order valence-corrected chi connectivity index (χ2v) is 7.82. The van der Waals surface area contributed by atoms with Crippen LogP contribution in [0.3, 0.4) is 0 Å². The molecule has 26 heavy (non-hydrogen) atoms. The zero-order chi connectivity index (χ0) is 18.4. The molecule has 0 saturated carbocycles. The van der Waals surface area contributed by atoms with Crippen molar-refractivity contribution in [3.8, 4) is 0 Å². The number of benzene rings is 1. The van der Waals surface area contributed by atoms with Gasteiger partial charge in [0.15, 0.2) is 5.96 Å². The molecule has 2 aliphatic rings. The Labute approximate surface area is 157 Å². The Bertz CT molecular complexity index is 592. The van der Waals surface area contributed by atoms with Crippen LogP contribution >= 0.6 is 0 Å². The molecule has 1 N–H and O–H groups in total. The minimum absolute atomic E-state index is 0.260. The number of ether oxygens (including phenoxy) is 2. The van der Waals surface area contributed by atoms with Gasteiger partial charge in [-0.3, -0.25) is 0 Å². The summed E-state index contributed by atoms with van der Waals surface area (Å²) in [5.41, 5.74) is 2.79. The van der Waals surface area contributed by atoms with Crippen molar-refractivity contribution in [1.82, 2.24) is 10.2 Å². The summed E-state index contributed by atoms with van der Waals surface area (Å²) < 4.78 is 11.3. The molecule has 0 aromatic heterocycles. The number of nitrogens with zero attached hydrogens (tertiary/aromatic N) is 2. The van der Waals surface area contributed by atoms with Gasteiger partial charge in [0.05, 0.1) is 25.9 Å². The van der Waals surface area contributed by atoms with E-state index in [0.717, 1.165) is 38.8 Å². The lowest BCUT2D eigenvalue weighted by molar-refractivity contribution is 0.0657. The highest BCUT2D eigenvalue weighted by molar-refractivity contribution is 5.80. The second kappa shape index (κ2) is 8.87. The van der Waals surface area contributed by atoms with Crippen molar-refractivity contribution in [1.29, 1.82) is 0 Å². The van der Waals surface area contributed by atoms with Crippen LogP contribution < -0.4 is 5.32 Å². The van der Waals surface area contributed by atoms with Gasteiger partial charge in [-0.25, -0.2) is 4.99 Å². The van der Waals surface area contributed by atoms with Crippen molar-refractivity contribution in [2.75, 3.05) is 32.8 Å². The molecule has 1 unspecified atom stereocenters. The Hall–Kier alpha value is -1.59. The minimum atomic E-state index is 0.260. The monoisotopic (exact) mass is 359 g/mol. The minimum Gasteiger partial charge on any atom is -0.381 e. The van der Waals surface area contributed by atoms with Crippen molar-refractivity contribution in [2.45, 2.75) is 52.9 Å². The third-order valence-corrected chi connectivity index (χ3v) is 5.28. The lowest BCUT2D eigenvalue weighted by Crippen LogP contribution is -2.41. The number of rotatable bonds is 6. The smallest absolute Gasteiger partial charge is 0.194 e. The van der Waals surface area contributed by atoms with Crippen LogP contribution in [0.1, 0.15) is 44.7 Å². The normalized spacial score (nSPS) is 23.4. The predicted molar refractivity (Wildman–Crippen MR) is 105 cm³/mol. The summed E-state index contributed by atoms with van der Waals surface area (Å²) in [6, 6.07) is 8.59. The highest BCUT2D eigenvalue weighted by Crippen LogP contribution is 2.38. The Morgan fingerprint density at radius 3 is 2.69 bits per heavy atom. The number of guanidine groups is 1. The van der Waals surface area contributed by atoms with E-state index < -0.39 is 0 Å². The molecule has 1 atom stereocenters. The van der Waals surface area contributed by atoms with Crippen LogP contribution in [-0.2, 0) is 22.6 Å². The summed E-state index contributed by atoms with van der Waals surface area (Å²) in [5, 5.41) is 3.46. The van der Waals surface area contributed by atoms with Crippen LogP contribution in [0.25, 0.3) is 0 Å². The first-order chi connectivity index (χ1) is 12.6. The van der Waals surface area contributed by atoms with Crippen molar-refractivity contribution in [3.05, 3.63) is 35.4 Å². The third-order valence-electron chi connectivity index (χ3n) is 5.28. The fourth-order valence-electron chi connectivity index (χ4n) is 3.68. The molecule has 5 heteroatoms. The Balaban J connectivity index is 1.59. The van der Waals surface area contributed by atoms with E-state index in [1.54, 1.807) is 0 Å². The first-order valence-corrected chi connectivity index (χ1v) is 9.91. The zero-order valence-electron chi connectivity index (χ0n) is 16.5. The third kappa shape index (κ3) is 4.98. The van der Waals surface area contributed by atoms with Crippen molar-refractivity contribution < 1.29 is 9.47 Å². The molecule has 3 rings (SSSR count). The van der Waals surface area contributed by atoms with Gasteiger partial charge in [-0.15, -0.1) is 0 Å². The molecule has 2 fully saturated rings. The zero-order valence-corrected chi connectivity index (χ0v) is 16.5. The largest absolute Gasteiger partial charge is 0.381 e. The lowest BCUT2D eigenvalue weighted by atomic mass is 9.87. The van der Waals surface area contributed by atoms with Gasteiger partial charge in [0.2, 0.25) is 0 Å². The van der Waals surface area contributed by atoms with Crippen molar-refractivity contribution in [3.63, 3.8) is 0 Å². The number of nitrogens with one attached hydrogen (secondary N) is 1. The Morgan fingerprint density at radius 2 is 2.04 bits per heavy atom. The molecule has 0 aliphatic carbocycles. The first kappa shape index (κ1) is 19.2. The maximum atomic E-state index is 5.66. The summed E-state index contributed by atoms with van der Waals surface area (Å²) in [6.07, 6.45) is 2.65. The van der Waals surface area contributed by atoms with E-state index in [9.17, 15) is 0 Å². The van der Waals surface area contributed by atoms with Crippen molar-refractivity contribution >= 4 is 5.96 Å². The number of hydrogen-bond donors (Lipinski definition) is 1. The fraction of sp³-hybridized carbons (Fsp3) is 0.667. The Kier molecular flexibility index (Phi) is 6.54. The van der Waals surface area contributed by atoms with Gasteiger partial charge in [0.1, 0.15) is 0 Å². The summed E-state index contributed by atoms with van der Waals surface area (Å²) in [7, 11) is 0. The standard InChI is InChI=1S/C21H33N3O2/c1-4-22-20(24-11-9-21(15-24)10-12-25-16-21)23-13-18-5-7-19(8-6-18)14-26-17(2)3/h5-8,17H,4,9-16H2,1-3H3,(H,22,23). The summed E-state index contributed by atoms with van der Waals surface area (Å²) >= 11 is 0. The van der Waals surface area contributed by atoms with Crippen LogP contribution in [0.15, 0.2) is 29.3 Å². The summed E-state index contributed by atoms with van der Waals surface area (Å²) in [4.78, 5) is 7.29. The maximum absolute atomic E-state index is 5.66. The van der Waals surface area contributed by atoms with E-state index in [1.807, 2.05) is 0 Å². The molecule has 2 aliphatic heterocycles. The molecule has 1 spiro atoms. The van der Waals surface area contributed by atoms with Gasteiger partial charge in [0.25, 0.3) is 0 Å². The molecule has 2 saturated heterocycles. The topological polar surface area (TPSA) is 46.1 Å². The Morgan fingerprint density at radius 1 is 1.27 bits per heavy atom. The van der Waals surface area contributed by atoms with E-state index >= 15 is 0 Å².